The number of hydrogen-bond acceptors (Lipinski definition) is 5. The van der Waals surface area contributed by atoms with Crippen LogP contribution < -0.4 is 5.32 Å². The first-order valence-electron chi connectivity index (χ1n) is 10.5. The quantitative estimate of drug-likeness (QED) is 0.358. The van der Waals surface area contributed by atoms with E-state index in [9.17, 15) is 9.59 Å². The molecule has 1 aromatic carbocycles. The van der Waals surface area contributed by atoms with Crippen molar-refractivity contribution in [3.05, 3.63) is 82.5 Å². The monoisotopic (exact) mass is 480 g/mol. The number of carbonyl (C=O) groups excluding carboxylic acids is 2. The molecule has 0 unspecified atom stereocenters. The third-order valence-corrected chi connectivity index (χ3v) is 5.15. The fraction of sp³-hybridized carbons (Fsp3) is 0.200. The first kappa shape index (κ1) is 23.4. The molecule has 0 radical (unpaired) electrons. The molecule has 3 aromatic heterocycles. The molecule has 0 aliphatic carbocycles. The van der Waals surface area contributed by atoms with Crippen molar-refractivity contribution in [1.29, 1.82) is 0 Å². The van der Waals surface area contributed by atoms with Crippen LogP contribution >= 0.6 is 11.6 Å². The Morgan fingerprint density at radius 2 is 1.94 bits per heavy atom. The number of hydrogen-bond donors (Lipinski definition) is 2. The lowest BCUT2D eigenvalue weighted by molar-refractivity contribution is 0.0523. The highest BCUT2D eigenvalue weighted by atomic mass is 35.5. The normalized spacial score (nSPS) is 11.4. The molecule has 0 bridgehead atoms. The Kier molecular flexibility index (Phi) is 6.34. The standard InChI is InChI=1S/C25H22ClFN4O3/c1-25(2,3)34-24(33)31-10-14-5-4-6-17(21(14)27)20-8-7-15(11-28-20)22(32)19-13-30-23-18(19)9-16(26)12-29-23/h4-9,11-13H,10H2,1-3H3,(H,29,30)(H,31,33). The Morgan fingerprint density at radius 1 is 1.15 bits per heavy atom. The van der Waals surface area contributed by atoms with Crippen molar-refractivity contribution >= 4 is 34.5 Å². The highest BCUT2D eigenvalue weighted by Gasteiger charge is 2.19. The van der Waals surface area contributed by atoms with Gasteiger partial charge in [0.05, 0.1) is 10.7 Å². The number of aromatic amines is 1. The number of pyridine rings is 2. The second-order valence-electron chi connectivity index (χ2n) is 8.65. The summed E-state index contributed by atoms with van der Waals surface area (Å²) in [7, 11) is 0. The van der Waals surface area contributed by atoms with Crippen molar-refractivity contribution in [2.45, 2.75) is 32.9 Å². The molecule has 0 aliphatic rings. The summed E-state index contributed by atoms with van der Waals surface area (Å²) in [4.78, 5) is 36.3. The number of ketones is 1. The van der Waals surface area contributed by atoms with Gasteiger partial charge in [-0.05, 0) is 45.0 Å². The summed E-state index contributed by atoms with van der Waals surface area (Å²) < 4.78 is 20.3. The number of alkyl carbamates (subject to hydrolysis) is 1. The highest BCUT2D eigenvalue weighted by Crippen LogP contribution is 2.26. The summed E-state index contributed by atoms with van der Waals surface area (Å²) in [5, 5.41) is 3.58. The maximum Gasteiger partial charge on any atom is 0.407 e. The largest absolute Gasteiger partial charge is 0.444 e. The molecule has 0 fully saturated rings. The number of halogens is 2. The molecular formula is C25H22ClFN4O3. The van der Waals surface area contributed by atoms with E-state index in [1.807, 2.05) is 0 Å². The predicted octanol–water partition coefficient (Wildman–Crippen LogP) is 5.67. The van der Waals surface area contributed by atoms with Crippen molar-refractivity contribution in [3.63, 3.8) is 0 Å². The fourth-order valence-electron chi connectivity index (χ4n) is 3.40. The van der Waals surface area contributed by atoms with E-state index >= 15 is 4.39 Å². The Labute approximate surface area is 200 Å². The summed E-state index contributed by atoms with van der Waals surface area (Å²) in [6, 6.07) is 9.67. The van der Waals surface area contributed by atoms with Crippen LogP contribution in [0.5, 0.6) is 0 Å². The van der Waals surface area contributed by atoms with E-state index in [1.54, 1.807) is 63.4 Å². The smallest absolute Gasteiger partial charge is 0.407 e. The molecule has 7 nitrogen and oxygen atoms in total. The molecule has 1 amide bonds. The Hall–Kier alpha value is -3.78. The summed E-state index contributed by atoms with van der Waals surface area (Å²) in [5.41, 5.74) is 1.56. The van der Waals surface area contributed by atoms with Crippen molar-refractivity contribution in [1.82, 2.24) is 20.3 Å². The first-order valence-corrected chi connectivity index (χ1v) is 10.9. The molecule has 0 aliphatic heterocycles. The zero-order valence-corrected chi connectivity index (χ0v) is 19.5. The van der Waals surface area contributed by atoms with E-state index in [0.717, 1.165) is 0 Å². The molecule has 0 atom stereocenters. The van der Waals surface area contributed by atoms with Gasteiger partial charge >= 0.3 is 6.09 Å². The number of benzene rings is 1. The number of fused-ring (bicyclic) bond motifs is 1. The fourth-order valence-corrected chi connectivity index (χ4v) is 3.56. The van der Waals surface area contributed by atoms with Crippen LogP contribution in [0.4, 0.5) is 9.18 Å². The number of aromatic nitrogens is 3. The van der Waals surface area contributed by atoms with Gasteiger partial charge in [0.2, 0.25) is 0 Å². The molecule has 174 valence electrons. The maximum atomic E-state index is 15.1. The van der Waals surface area contributed by atoms with E-state index in [0.29, 0.717) is 32.9 Å². The highest BCUT2D eigenvalue weighted by molar-refractivity contribution is 6.31. The van der Waals surface area contributed by atoms with Gasteiger partial charge in [-0.15, -0.1) is 0 Å². The molecule has 9 heteroatoms. The lowest BCUT2D eigenvalue weighted by Crippen LogP contribution is -2.32. The Bertz CT molecular complexity index is 1380. The van der Waals surface area contributed by atoms with Gasteiger partial charge in [0.1, 0.15) is 17.1 Å². The van der Waals surface area contributed by atoms with Crippen molar-refractivity contribution in [2.75, 3.05) is 0 Å². The predicted molar refractivity (Wildman–Crippen MR) is 127 cm³/mol. The number of H-pyrrole nitrogens is 1. The third-order valence-electron chi connectivity index (χ3n) is 4.94. The van der Waals surface area contributed by atoms with Crippen LogP contribution in [-0.2, 0) is 11.3 Å². The number of nitrogens with zero attached hydrogens (tertiary/aromatic N) is 2. The minimum absolute atomic E-state index is 0.0394. The topological polar surface area (TPSA) is 97.0 Å². The molecular weight excluding hydrogens is 459 g/mol. The zero-order chi connectivity index (χ0) is 24.5. The molecule has 0 spiro atoms. The molecule has 2 N–H and O–H groups in total. The van der Waals surface area contributed by atoms with E-state index in [4.69, 9.17) is 16.3 Å². The minimum Gasteiger partial charge on any atom is -0.444 e. The van der Waals surface area contributed by atoms with Gasteiger partial charge in [-0.25, -0.2) is 14.2 Å². The summed E-state index contributed by atoms with van der Waals surface area (Å²) in [5.74, 6) is -0.771. The van der Waals surface area contributed by atoms with Crippen LogP contribution in [0, 0.1) is 5.82 Å². The van der Waals surface area contributed by atoms with E-state index in [2.05, 4.69) is 20.3 Å². The van der Waals surface area contributed by atoms with Crippen LogP contribution in [0.1, 0.15) is 42.3 Å². The molecule has 34 heavy (non-hydrogen) atoms. The van der Waals surface area contributed by atoms with Gasteiger partial charge in [-0.3, -0.25) is 9.78 Å². The zero-order valence-electron chi connectivity index (χ0n) is 18.8. The number of rotatable bonds is 5. The number of nitrogens with one attached hydrogen (secondary N) is 2. The molecule has 0 saturated carbocycles. The lowest BCUT2D eigenvalue weighted by Gasteiger charge is -2.19. The Balaban J connectivity index is 1.53. The average molecular weight is 481 g/mol. The van der Waals surface area contributed by atoms with E-state index < -0.39 is 17.5 Å². The maximum absolute atomic E-state index is 15.1. The van der Waals surface area contributed by atoms with Gasteiger partial charge in [0.25, 0.3) is 0 Å². The van der Waals surface area contributed by atoms with Crippen LogP contribution in [0.3, 0.4) is 0 Å². The second-order valence-corrected chi connectivity index (χ2v) is 9.08. The average Bonchev–Trinajstić information content (AvgIpc) is 3.20. The minimum atomic E-state index is -0.650. The molecule has 4 aromatic rings. The van der Waals surface area contributed by atoms with Crippen LogP contribution in [0.2, 0.25) is 5.02 Å². The summed E-state index contributed by atoms with van der Waals surface area (Å²) >= 11 is 6.02. The van der Waals surface area contributed by atoms with Crippen LogP contribution in [0.15, 0.2) is 55.0 Å². The summed E-state index contributed by atoms with van der Waals surface area (Å²) in [6.45, 7) is 5.21. The van der Waals surface area contributed by atoms with E-state index in [1.165, 1.54) is 12.4 Å². The van der Waals surface area contributed by atoms with Gasteiger partial charge in [-0.2, -0.15) is 0 Å². The van der Waals surface area contributed by atoms with Crippen molar-refractivity contribution in [2.24, 2.45) is 0 Å². The van der Waals surface area contributed by atoms with Crippen molar-refractivity contribution < 1.29 is 18.7 Å². The molecule has 4 rings (SSSR count). The Morgan fingerprint density at radius 3 is 2.65 bits per heavy atom. The van der Waals surface area contributed by atoms with Crippen LogP contribution in [-0.4, -0.2) is 32.4 Å². The van der Waals surface area contributed by atoms with Crippen molar-refractivity contribution in [3.8, 4) is 11.3 Å². The first-order chi connectivity index (χ1) is 16.1. The lowest BCUT2D eigenvalue weighted by atomic mass is 10.0. The van der Waals surface area contributed by atoms with Gasteiger partial charge in [0.15, 0.2) is 5.78 Å². The second kappa shape index (κ2) is 9.23. The SMILES string of the molecule is CC(C)(C)OC(=O)NCc1cccc(-c2ccc(C(=O)c3c[nH]c4ncc(Cl)cc34)cn2)c1F. The van der Waals surface area contributed by atoms with Gasteiger partial charge in [0, 0.05) is 52.8 Å². The van der Waals surface area contributed by atoms with Crippen LogP contribution in [0.25, 0.3) is 22.3 Å². The number of carbonyl (C=O) groups is 2. The summed E-state index contributed by atoms with van der Waals surface area (Å²) in [6.07, 6.45) is 3.84. The third kappa shape index (κ3) is 5.07. The molecule has 3 heterocycles. The van der Waals surface area contributed by atoms with E-state index in [-0.39, 0.29) is 23.5 Å². The van der Waals surface area contributed by atoms with Gasteiger partial charge < -0.3 is 15.0 Å². The number of ether oxygens (including phenoxy) is 1. The molecule has 0 saturated heterocycles. The van der Waals surface area contributed by atoms with Gasteiger partial charge in [-0.1, -0.05) is 23.7 Å². The number of amides is 1.